The Morgan fingerprint density at radius 1 is 1.00 bits per heavy atom. The number of hydrogen-bond acceptors (Lipinski definition) is 4. The van der Waals surface area contributed by atoms with Crippen molar-refractivity contribution in [1.82, 2.24) is 19.6 Å². The summed E-state index contributed by atoms with van der Waals surface area (Å²) in [6.07, 6.45) is 3.15. The SMILES string of the molecule is O=C(Nc1nn(Cc2ccc(Cl)cc2)cc1Cl)c1ccnn1COc1ccccc1Cl. The van der Waals surface area contributed by atoms with Crippen molar-refractivity contribution in [2.75, 3.05) is 5.32 Å². The highest BCUT2D eigenvalue weighted by Gasteiger charge is 2.17. The van der Waals surface area contributed by atoms with E-state index in [0.717, 1.165) is 5.56 Å². The van der Waals surface area contributed by atoms with E-state index in [1.54, 1.807) is 53.3 Å². The lowest BCUT2D eigenvalue weighted by Crippen LogP contribution is -2.20. The standard InChI is InChI=1S/C21H16Cl3N5O2/c22-15-7-5-14(6-8-15)11-28-12-17(24)20(27-28)26-21(30)18-9-10-25-29(18)13-31-19-4-2-1-3-16(19)23/h1-10,12H,11,13H2,(H,26,27,30). The van der Waals surface area contributed by atoms with Crippen molar-refractivity contribution in [1.29, 1.82) is 0 Å². The third kappa shape index (κ3) is 5.19. The zero-order valence-corrected chi connectivity index (χ0v) is 18.3. The van der Waals surface area contributed by atoms with Crippen LogP contribution in [0.5, 0.6) is 5.75 Å². The number of para-hydroxylation sites is 1. The summed E-state index contributed by atoms with van der Waals surface area (Å²) in [6.45, 7) is 0.495. The van der Waals surface area contributed by atoms with E-state index in [9.17, 15) is 4.79 Å². The minimum absolute atomic E-state index is 0.0121. The highest BCUT2D eigenvalue weighted by Crippen LogP contribution is 2.24. The molecular weight excluding hydrogens is 461 g/mol. The van der Waals surface area contributed by atoms with Crippen LogP contribution in [0, 0.1) is 0 Å². The normalized spacial score (nSPS) is 10.8. The second-order valence-corrected chi connectivity index (χ2v) is 7.77. The molecule has 0 saturated heterocycles. The average Bonchev–Trinajstić information content (AvgIpc) is 3.35. The Morgan fingerprint density at radius 3 is 2.55 bits per heavy atom. The van der Waals surface area contributed by atoms with Gasteiger partial charge in [-0.25, -0.2) is 4.68 Å². The Kier molecular flexibility index (Phi) is 6.46. The van der Waals surface area contributed by atoms with Crippen LogP contribution in [0.4, 0.5) is 5.82 Å². The first-order valence-electron chi connectivity index (χ1n) is 9.17. The Bertz CT molecular complexity index is 1200. The summed E-state index contributed by atoms with van der Waals surface area (Å²) < 4.78 is 8.71. The predicted molar refractivity (Wildman–Crippen MR) is 120 cm³/mol. The molecule has 0 fully saturated rings. The number of amides is 1. The zero-order valence-electron chi connectivity index (χ0n) is 16.0. The van der Waals surface area contributed by atoms with Gasteiger partial charge < -0.3 is 10.1 Å². The number of benzene rings is 2. The van der Waals surface area contributed by atoms with Gasteiger partial charge in [-0.1, -0.05) is 59.1 Å². The molecular formula is C21H16Cl3N5O2. The Balaban J connectivity index is 1.43. The van der Waals surface area contributed by atoms with Crippen LogP contribution >= 0.6 is 34.8 Å². The number of anilines is 1. The van der Waals surface area contributed by atoms with Crippen molar-refractivity contribution in [3.8, 4) is 5.75 Å². The van der Waals surface area contributed by atoms with Crippen LogP contribution < -0.4 is 10.1 Å². The molecule has 2 aromatic carbocycles. The van der Waals surface area contributed by atoms with Crippen LogP contribution in [0.15, 0.2) is 67.0 Å². The molecule has 0 bridgehead atoms. The molecule has 4 rings (SSSR count). The molecule has 158 valence electrons. The third-order valence-electron chi connectivity index (χ3n) is 4.33. The van der Waals surface area contributed by atoms with E-state index in [4.69, 9.17) is 39.5 Å². The number of hydrogen-bond donors (Lipinski definition) is 1. The monoisotopic (exact) mass is 475 g/mol. The Labute approximate surface area is 193 Å². The first kappa shape index (κ1) is 21.2. The number of carbonyl (C=O) groups excluding carboxylic acids is 1. The minimum atomic E-state index is -0.418. The van der Waals surface area contributed by atoms with Crippen molar-refractivity contribution < 1.29 is 9.53 Å². The quantitative estimate of drug-likeness (QED) is 0.389. The first-order chi connectivity index (χ1) is 15.0. The van der Waals surface area contributed by atoms with E-state index in [2.05, 4.69) is 15.5 Å². The molecule has 0 aliphatic carbocycles. The largest absolute Gasteiger partial charge is 0.470 e. The molecule has 4 aromatic rings. The van der Waals surface area contributed by atoms with Crippen LogP contribution in [0.25, 0.3) is 0 Å². The van der Waals surface area contributed by atoms with Crippen LogP contribution in [-0.2, 0) is 13.3 Å². The first-order valence-corrected chi connectivity index (χ1v) is 10.3. The number of rotatable bonds is 7. The summed E-state index contributed by atoms with van der Waals surface area (Å²) >= 11 is 18.3. The smallest absolute Gasteiger partial charge is 0.275 e. The molecule has 2 heterocycles. The van der Waals surface area contributed by atoms with Gasteiger partial charge in [0.25, 0.3) is 5.91 Å². The van der Waals surface area contributed by atoms with Crippen LogP contribution in [0.2, 0.25) is 15.1 Å². The molecule has 1 N–H and O–H groups in total. The van der Waals surface area contributed by atoms with Gasteiger partial charge in [-0.15, -0.1) is 0 Å². The van der Waals surface area contributed by atoms with Crippen LogP contribution in [0.1, 0.15) is 16.1 Å². The van der Waals surface area contributed by atoms with Gasteiger partial charge in [-0.2, -0.15) is 10.2 Å². The van der Waals surface area contributed by atoms with Gasteiger partial charge in [0.15, 0.2) is 12.5 Å². The van der Waals surface area contributed by atoms with E-state index < -0.39 is 5.91 Å². The second-order valence-electron chi connectivity index (χ2n) is 6.52. The summed E-state index contributed by atoms with van der Waals surface area (Å²) in [5.41, 5.74) is 1.28. The number of nitrogens with zero attached hydrogens (tertiary/aromatic N) is 4. The fraction of sp³-hybridized carbons (Fsp3) is 0.0952. The second kappa shape index (κ2) is 9.43. The summed E-state index contributed by atoms with van der Waals surface area (Å²) in [5.74, 6) is 0.328. The Hall–Kier alpha value is -3.00. The molecule has 10 heteroatoms. The fourth-order valence-corrected chi connectivity index (χ4v) is 3.35. The lowest BCUT2D eigenvalue weighted by Gasteiger charge is -2.10. The van der Waals surface area contributed by atoms with Gasteiger partial charge in [0.1, 0.15) is 16.5 Å². The number of halogens is 3. The fourth-order valence-electron chi connectivity index (χ4n) is 2.83. The van der Waals surface area contributed by atoms with Crippen molar-refractivity contribution in [2.45, 2.75) is 13.3 Å². The highest BCUT2D eigenvalue weighted by molar-refractivity contribution is 6.33. The van der Waals surface area contributed by atoms with Gasteiger partial charge in [0.05, 0.1) is 11.6 Å². The van der Waals surface area contributed by atoms with E-state index in [1.165, 1.54) is 10.9 Å². The lowest BCUT2D eigenvalue weighted by atomic mass is 10.2. The average molecular weight is 477 g/mol. The summed E-state index contributed by atoms with van der Waals surface area (Å²) in [4.78, 5) is 12.8. The molecule has 1 amide bonds. The molecule has 0 unspecified atom stereocenters. The zero-order chi connectivity index (χ0) is 21.8. The van der Waals surface area contributed by atoms with Crippen molar-refractivity contribution in [3.05, 3.63) is 93.3 Å². The molecule has 0 spiro atoms. The minimum Gasteiger partial charge on any atom is -0.470 e. The Morgan fingerprint density at radius 2 is 1.77 bits per heavy atom. The maximum atomic E-state index is 12.8. The number of ether oxygens (including phenoxy) is 1. The number of nitrogens with one attached hydrogen (secondary N) is 1. The number of carbonyl (C=O) groups is 1. The topological polar surface area (TPSA) is 74.0 Å². The maximum Gasteiger partial charge on any atom is 0.275 e. The molecule has 2 aromatic heterocycles. The van der Waals surface area contributed by atoms with Crippen LogP contribution in [-0.4, -0.2) is 25.5 Å². The maximum absolute atomic E-state index is 12.8. The molecule has 0 aliphatic heterocycles. The van der Waals surface area contributed by atoms with Gasteiger partial charge in [-0.3, -0.25) is 9.48 Å². The summed E-state index contributed by atoms with van der Waals surface area (Å²) in [6, 6.07) is 16.0. The van der Waals surface area contributed by atoms with Gasteiger partial charge in [0, 0.05) is 17.4 Å². The van der Waals surface area contributed by atoms with E-state index >= 15 is 0 Å². The van der Waals surface area contributed by atoms with Gasteiger partial charge in [-0.05, 0) is 35.9 Å². The van der Waals surface area contributed by atoms with Gasteiger partial charge >= 0.3 is 0 Å². The molecule has 0 aliphatic rings. The van der Waals surface area contributed by atoms with Crippen molar-refractivity contribution in [3.63, 3.8) is 0 Å². The molecule has 0 radical (unpaired) electrons. The van der Waals surface area contributed by atoms with Crippen LogP contribution in [0.3, 0.4) is 0 Å². The molecule has 0 saturated carbocycles. The van der Waals surface area contributed by atoms with E-state index in [-0.39, 0.29) is 18.2 Å². The van der Waals surface area contributed by atoms with Crippen molar-refractivity contribution in [2.24, 2.45) is 0 Å². The molecule has 31 heavy (non-hydrogen) atoms. The lowest BCUT2D eigenvalue weighted by molar-refractivity contribution is 0.100. The molecule has 0 atom stereocenters. The highest BCUT2D eigenvalue weighted by atomic mass is 35.5. The predicted octanol–water partition coefficient (Wildman–Crippen LogP) is 5.38. The summed E-state index contributed by atoms with van der Waals surface area (Å²) in [5, 5.41) is 12.6. The van der Waals surface area contributed by atoms with E-state index in [1.807, 2.05) is 12.1 Å². The summed E-state index contributed by atoms with van der Waals surface area (Å²) in [7, 11) is 0. The third-order valence-corrected chi connectivity index (χ3v) is 5.18. The van der Waals surface area contributed by atoms with Gasteiger partial charge in [0.2, 0.25) is 0 Å². The number of aromatic nitrogens is 4. The molecule has 7 nitrogen and oxygen atoms in total. The van der Waals surface area contributed by atoms with Crippen molar-refractivity contribution >= 4 is 46.5 Å². The van der Waals surface area contributed by atoms with E-state index in [0.29, 0.717) is 27.4 Å².